The Labute approximate surface area is 255 Å². The van der Waals surface area contributed by atoms with E-state index in [1.165, 1.54) is 11.0 Å². The lowest BCUT2D eigenvalue weighted by molar-refractivity contribution is -0.147. The monoisotopic (exact) mass is 622 g/mol. The topological polar surface area (TPSA) is 127 Å². The highest BCUT2D eigenvalue weighted by Crippen LogP contribution is 2.29. The average molecular weight is 623 g/mol. The Hall–Kier alpha value is -4.03. The van der Waals surface area contributed by atoms with E-state index in [4.69, 9.17) is 9.47 Å². The van der Waals surface area contributed by atoms with Gasteiger partial charge in [-0.1, -0.05) is 37.8 Å². The van der Waals surface area contributed by atoms with Crippen LogP contribution < -0.4 is 5.56 Å². The second-order valence-electron chi connectivity index (χ2n) is 12.8. The normalized spacial score (nSPS) is 15.2. The largest absolute Gasteiger partial charge is 0.478 e. The van der Waals surface area contributed by atoms with Gasteiger partial charge in [-0.25, -0.2) is 18.7 Å². The highest BCUT2D eigenvalue weighted by molar-refractivity contribution is 6.76. The molecule has 2 aromatic carbocycles. The molecule has 12 heteroatoms. The van der Waals surface area contributed by atoms with Crippen molar-refractivity contribution in [2.24, 2.45) is 0 Å². The summed E-state index contributed by atoms with van der Waals surface area (Å²) in [7, 11) is -1.19. The van der Waals surface area contributed by atoms with Gasteiger partial charge >= 0.3 is 12.1 Å². The second-order valence-corrected chi connectivity index (χ2v) is 18.4. The lowest BCUT2D eigenvalue weighted by atomic mass is 9.89. The van der Waals surface area contributed by atoms with Gasteiger partial charge in [-0.05, 0) is 61.1 Å². The van der Waals surface area contributed by atoms with Crippen molar-refractivity contribution in [3.63, 3.8) is 0 Å². The number of carboxylic acids is 1. The zero-order chi connectivity index (χ0) is 31.6. The highest BCUT2D eigenvalue weighted by atomic mass is 28.3. The molecule has 1 fully saturated rings. The molecular weight excluding hydrogens is 583 g/mol. The Balaban J connectivity index is 1.20. The summed E-state index contributed by atoms with van der Waals surface area (Å²) in [5, 5.41) is 16.0. The summed E-state index contributed by atoms with van der Waals surface area (Å²) in [6, 6.07) is 11.1. The molecule has 2 aromatic heterocycles. The van der Waals surface area contributed by atoms with Crippen molar-refractivity contribution in [3.8, 4) is 0 Å². The third kappa shape index (κ3) is 7.36. The molecular formula is C32H39FN4O6Si. The molecule has 0 bridgehead atoms. The van der Waals surface area contributed by atoms with Crippen LogP contribution in [0.15, 0.2) is 47.4 Å². The van der Waals surface area contributed by atoms with Crippen molar-refractivity contribution in [2.45, 2.75) is 70.6 Å². The fourth-order valence-electron chi connectivity index (χ4n) is 5.63. The minimum Gasteiger partial charge on any atom is -0.478 e. The van der Waals surface area contributed by atoms with Crippen LogP contribution in [0.2, 0.25) is 25.7 Å². The Morgan fingerprint density at radius 3 is 2.61 bits per heavy atom. The van der Waals surface area contributed by atoms with E-state index < -0.39 is 32.1 Å². The number of aliphatic carboxylic acids is 1. The van der Waals surface area contributed by atoms with Crippen LogP contribution in [0, 0.1) is 12.7 Å². The number of carbonyl (C=O) groups is 2. The van der Waals surface area contributed by atoms with Gasteiger partial charge in [0, 0.05) is 56.7 Å². The number of rotatable bonds is 10. The number of piperidine rings is 1. The molecule has 3 heterocycles. The number of amides is 1. The van der Waals surface area contributed by atoms with Crippen LogP contribution in [0.25, 0.3) is 21.8 Å². The summed E-state index contributed by atoms with van der Waals surface area (Å²) in [5.74, 6) is -1.83. The standard InChI is InChI=1S/C32H39FN4O6Si/c1-20-14-21(15-24-18-37(35-28(20)24)19-42-12-13-44(2,3)4)16-27(31(39)40)43-32(41)36-10-8-22(9-11-36)25-17-23-6-5-7-26(33)29(23)34-30(25)38/h5-7,14-15,17-18,22,27H,8-13,16,19H2,1-4H3,(H,34,38)(H,39,40). The van der Waals surface area contributed by atoms with Gasteiger partial charge < -0.3 is 24.5 Å². The van der Waals surface area contributed by atoms with Gasteiger partial charge in [0.1, 0.15) is 12.5 Å². The van der Waals surface area contributed by atoms with E-state index >= 15 is 0 Å². The molecule has 1 unspecified atom stereocenters. The number of pyridine rings is 1. The molecule has 4 aromatic rings. The third-order valence-electron chi connectivity index (χ3n) is 8.12. The molecule has 234 valence electrons. The number of carboxylic acid groups (broad SMARTS) is 1. The van der Waals surface area contributed by atoms with E-state index in [0.29, 0.717) is 50.2 Å². The average Bonchev–Trinajstić information content (AvgIpc) is 3.38. The number of hydrogen-bond acceptors (Lipinski definition) is 6. The fourth-order valence-corrected chi connectivity index (χ4v) is 6.39. The van der Waals surface area contributed by atoms with Crippen LogP contribution in [-0.4, -0.2) is 70.7 Å². The molecule has 0 aliphatic carbocycles. The number of aromatic amines is 1. The molecule has 10 nitrogen and oxygen atoms in total. The zero-order valence-electron chi connectivity index (χ0n) is 25.6. The predicted octanol–water partition coefficient (Wildman–Crippen LogP) is 5.65. The first-order valence-corrected chi connectivity index (χ1v) is 18.6. The molecule has 0 saturated carbocycles. The number of aryl methyl sites for hydroxylation is 1. The number of aromatic nitrogens is 3. The van der Waals surface area contributed by atoms with Gasteiger partial charge in [-0.15, -0.1) is 0 Å². The Morgan fingerprint density at radius 1 is 1.16 bits per heavy atom. The van der Waals surface area contributed by atoms with E-state index in [2.05, 4.69) is 29.7 Å². The Morgan fingerprint density at radius 2 is 1.91 bits per heavy atom. The SMILES string of the molecule is Cc1cc(CC(OC(=O)N2CCC(c3cc4cccc(F)c4[nH]c3=O)CC2)C(=O)O)cc2cn(COCC[Si](C)(C)C)nc12. The fraction of sp³-hybridized carbons (Fsp3) is 0.438. The van der Waals surface area contributed by atoms with Gasteiger partial charge in [0.2, 0.25) is 6.10 Å². The minimum absolute atomic E-state index is 0.00916. The first kappa shape index (κ1) is 31.4. The second kappa shape index (κ2) is 12.9. The number of nitrogens with one attached hydrogen (secondary N) is 1. The highest BCUT2D eigenvalue weighted by Gasteiger charge is 2.30. The van der Waals surface area contributed by atoms with Crippen LogP contribution in [0.4, 0.5) is 9.18 Å². The van der Waals surface area contributed by atoms with Crippen molar-refractivity contribution in [1.82, 2.24) is 19.7 Å². The molecule has 1 atom stereocenters. The van der Waals surface area contributed by atoms with Crippen LogP contribution in [0.5, 0.6) is 0 Å². The smallest absolute Gasteiger partial charge is 0.410 e. The van der Waals surface area contributed by atoms with E-state index in [1.54, 1.807) is 22.9 Å². The number of hydrogen-bond donors (Lipinski definition) is 2. The number of fused-ring (bicyclic) bond motifs is 2. The van der Waals surface area contributed by atoms with Crippen LogP contribution in [-0.2, 0) is 27.4 Å². The number of likely N-dealkylation sites (tertiary alicyclic amines) is 1. The first-order chi connectivity index (χ1) is 20.9. The van der Waals surface area contributed by atoms with Crippen molar-refractivity contribution in [1.29, 1.82) is 0 Å². The van der Waals surface area contributed by atoms with Gasteiger partial charge in [0.25, 0.3) is 5.56 Å². The predicted molar refractivity (Wildman–Crippen MR) is 168 cm³/mol. The lowest BCUT2D eigenvalue weighted by Gasteiger charge is -2.32. The molecule has 0 spiro atoms. The molecule has 5 rings (SSSR count). The van der Waals surface area contributed by atoms with Crippen molar-refractivity contribution in [3.05, 3.63) is 75.5 Å². The number of para-hydroxylation sites is 1. The van der Waals surface area contributed by atoms with Gasteiger partial charge in [-0.3, -0.25) is 4.79 Å². The summed E-state index contributed by atoms with van der Waals surface area (Å²) >= 11 is 0. The number of ether oxygens (including phenoxy) is 2. The summed E-state index contributed by atoms with van der Waals surface area (Å²) in [6.07, 6.45) is 0.817. The maximum atomic E-state index is 14.1. The molecule has 44 heavy (non-hydrogen) atoms. The van der Waals surface area contributed by atoms with Crippen LogP contribution >= 0.6 is 0 Å². The zero-order valence-corrected chi connectivity index (χ0v) is 26.6. The quantitative estimate of drug-likeness (QED) is 0.173. The van der Waals surface area contributed by atoms with Crippen molar-refractivity contribution in [2.75, 3.05) is 19.7 Å². The Bertz CT molecular complexity index is 1740. The summed E-state index contributed by atoms with van der Waals surface area (Å²) in [4.78, 5) is 41.9. The van der Waals surface area contributed by atoms with Gasteiger partial charge in [0.15, 0.2) is 0 Å². The summed E-state index contributed by atoms with van der Waals surface area (Å²) < 4.78 is 27.1. The first-order valence-electron chi connectivity index (χ1n) is 14.9. The molecule has 1 aliphatic rings. The number of nitrogens with zero attached hydrogens (tertiary/aromatic N) is 3. The molecule has 1 aliphatic heterocycles. The number of halogens is 1. The van der Waals surface area contributed by atoms with E-state index in [0.717, 1.165) is 28.1 Å². The van der Waals surface area contributed by atoms with Crippen molar-refractivity contribution < 1.29 is 28.6 Å². The number of benzene rings is 2. The molecule has 1 amide bonds. The van der Waals surface area contributed by atoms with E-state index in [1.807, 2.05) is 25.3 Å². The minimum atomic E-state index is -1.37. The maximum absolute atomic E-state index is 14.1. The van der Waals surface area contributed by atoms with Gasteiger partial charge in [0.05, 0.1) is 11.0 Å². The molecule has 2 N–H and O–H groups in total. The summed E-state index contributed by atoms with van der Waals surface area (Å²) in [6.45, 7) is 10.5. The van der Waals surface area contributed by atoms with E-state index in [-0.39, 0.29) is 23.4 Å². The van der Waals surface area contributed by atoms with E-state index in [9.17, 15) is 23.9 Å². The van der Waals surface area contributed by atoms with Crippen molar-refractivity contribution >= 4 is 41.9 Å². The number of H-pyrrole nitrogens is 1. The third-order valence-corrected chi connectivity index (χ3v) is 9.82. The van der Waals surface area contributed by atoms with Crippen LogP contribution in [0.1, 0.15) is 35.4 Å². The summed E-state index contributed by atoms with van der Waals surface area (Å²) in [5.41, 5.74) is 2.80. The molecule has 0 radical (unpaired) electrons. The van der Waals surface area contributed by atoms with Gasteiger partial charge in [-0.2, -0.15) is 5.10 Å². The lowest BCUT2D eigenvalue weighted by Crippen LogP contribution is -2.42. The number of carbonyl (C=O) groups excluding carboxylic acids is 1. The maximum Gasteiger partial charge on any atom is 0.410 e. The van der Waals surface area contributed by atoms with Crippen LogP contribution in [0.3, 0.4) is 0 Å². The molecule has 1 saturated heterocycles. The Kier molecular flexibility index (Phi) is 9.21.